The highest BCUT2D eigenvalue weighted by Gasteiger charge is 2.33. The predicted molar refractivity (Wildman–Crippen MR) is 61.0 cm³/mol. The van der Waals surface area contributed by atoms with Crippen LogP contribution in [0.5, 0.6) is 0 Å². The second kappa shape index (κ2) is 5.63. The third-order valence-electron chi connectivity index (χ3n) is 2.14. The second-order valence-electron chi connectivity index (χ2n) is 3.25. The van der Waals surface area contributed by atoms with Crippen LogP contribution in [-0.2, 0) is 17.4 Å². The molecule has 1 heterocycles. The van der Waals surface area contributed by atoms with Crippen molar-refractivity contribution in [2.45, 2.75) is 12.6 Å². The molecule has 4 nitrogen and oxygen atoms in total. The third-order valence-corrected chi connectivity index (χ3v) is 2.14. The van der Waals surface area contributed by atoms with E-state index in [0.717, 1.165) is 6.07 Å². The van der Waals surface area contributed by atoms with Crippen LogP contribution in [0.2, 0.25) is 0 Å². The van der Waals surface area contributed by atoms with Gasteiger partial charge in [0.15, 0.2) is 0 Å². The molecule has 2 aromatic rings. The molecule has 1 aromatic carbocycles. The summed E-state index contributed by atoms with van der Waals surface area (Å²) < 4.78 is 37.8. The van der Waals surface area contributed by atoms with Gasteiger partial charge in [0.25, 0.3) is 0 Å². The zero-order valence-electron chi connectivity index (χ0n) is 9.58. The number of H-pyrrole nitrogens is 1. The largest absolute Gasteiger partial charge is 0.418 e. The van der Waals surface area contributed by atoms with Crippen molar-refractivity contribution in [2.24, 2.45) is 5.73 Å². The van der Waals surface area contributed by atoms with Gasteiger partial charge >= 0.3 is 6.18 Å². The molecule has 1 aromatic heterocycles. The number of para-hydroxylation sites is 1. The van der Waals surface area contributed by atoms with Crippen LogP contribution in [-0.4, -0.2) is 23.3 Å². The zero-order valence-corrected chi connectivity index (χ0v) is 9.58. The number of hydrogen-bond acceptors (Lipinski definition) is 3. The van der Waals surface area contributed by atoms with Gasteiger partial charge in [-0.15, -0.1) is 0 Å². The third kappa shape index (κ3) is 2.86. The predicted octanol–water partition coefficient (Wildman–Crippen LogP) is 1.90. The number of rotatable bonds is 2. The smallest absolute Gasteiger partial charge is 0.342 e. The molecule has 0 atom stereocenters. The standard InChI is InChI=1S/C10H7F3N2O.CH5N/c11-10(12,13)6-2-1-3-7-9(6)15-8(14-7)4-5-16;1-2/h1-3,5H,4H2,(H,14,15);2H2,1H3. The van der Waals surface area contributed by atoms with E-state index in [-0.39, 0.29) is 23.3 Å². The molecule has 0 unspecified atom stereocenters. The van der Waals surface area contributed by atoms with Crippen molar-refractivity contribution >= 4 is 17.3 Å². The van der Waals surface area contributed by atoms with Crippen LogP contribution in [0, 0.1) is 0 Å². The fraction of sp³-hybridized carbons (Fsp3) is 0.273. The molecule has 0 aliphatic heterocycles. The average Bonchev–Trinajstić information content (AvgIpc) is 2.72. The molecular formula is C11H12F3N3O. The van der Waals surface area contributed by atoms with Gasteiger partial charge in [-0.3, -0.25) is 0 Å². The lowest BCUT2D eigenvalue weighted by Crippen LogP contribution is -2.05. The molecule has 98 valence electrons. The van der Waals surface area contributed by atoms with Gasteiger partial charge in [-0.05, 0) is 19.2 Å². The summed E-state index contributed by atoms with van der Waals surface area (Å²) in [5, 5.41) is 0. The maximum atomic E-state index is 12.6. The van der Waals surface area contributed by atoms with Crippen molar-refractivity contribution in [1.29, 1.82) is 0 Å². The summed E-state index contributed by atoms with van der Waals surface area (Å²) in [7, 11) is 1.50. The van der Waals surface area contributed by atoms with Crippen LogP contribution in [0.25, 0.3) is 11.0 Å². The molecule has 7 heteroatoms. The van der Waals surface area contributed by atoms with Gasteiger partial charge in [-0.1, -0.05) is 6.07 Å². The van der Waals surface area contributed by atoms with Gasteiger partial charge in [0.1, 0.15) is 17.6 Å². The highest BCUT2D eigenvalue weighted by atomic mass is 19.4. The molecule has 0 bridgehead atoms. The first kappa shape index (κ1) is 14.2. The number of fused-ring (bicyclic) bond motifs is 1. The lowest BCUT2D eigenvalue weighted by atomic mass is 10.2. The summed E-state index contributed by atoms with van der Waals surface area (Å²) >= 11 is 0. The number of aromatic nitrogens is 2. The van der Waals surface area contributed by atoms with E-state index < -0.39 is 11.7 Å². The number of alkyl halides is 3. The van der Waals surface area contributed by atoms with Crippen molar-refractivity contribution in [3.05, 3.63) is 29.6 Å². The van der Waals surface area contributed by atoms with E-state index >= 15 is 0 Å². The van der Waals surface area contributed by atoms with Gasteiger partial charge in [-0.25, -0.2) is 4.98 Å². The van der Waals surface area contributed by atoms with Gasteiger partial charge < -0.3 is 15.5 Å². The molecule has 0 fully saturated rings. The number of hydrogen-bond donors (Lipinski definition) is 2. The van der Waals surface area contributed by atoms with E-state index in [4.69, 9.17) is 0 Å². The Morgan fingerprint density at radius 2 is 2.06 bits per heavy atom. The lowest BCUT2D eigenvalue weighted by Gasteiger charge is -2.05. The fourth-order valence-corrected chi connectivity index (χ4v) is 1.49. The first-order valence-corrected chi connectivity index (χ1v) is 5.08. The van der Waals surface area contributed by atoms with Crippen LogP contribution < -0.4 is 5.73 Å². The average molecular weight is 259 g/mol. The number of nitrogens with one attached hydrogen (secondary N) is 1. The zero-order chi connectivity index (χ0) is 13.8. The number of halogens is 3. The SMILES string of the molecule is CN.O=CCc1nc2c(C(F)(F)F)cccc2[nH]1. The summed E-state index contributed by atoms with van der Waals surface area (Å²) in [6.45, 7) is 0. The molecule has 18 heavy (non-hydrogen) atoms. The molecule has 0 saturated carbocycles. The highest BCUT2D eigenvalue weighted by Crippen LogP contribution is 2.33. The topological polar surface area (TPSA) is 71.8 Å². The van der Waals surface area contributed by atoms with Crippen LogP contribution in [0.4, 0.5) is 13.2 Å². The summed E-state index contributed by atoms with van der Waals surface area (Å²) in [6.07, 6.45) is -3.87. The number of benzene rings is 1. The molecule has 0 aliphatic carbocycles. The number of aldehydes is 1. The van der Waals surface area contributed by atoms with E-state index in [1.54, 1.807) is 0 Å². The second-order valence-corrected chi connectivity index (χ2v) is 3.25. The summed E-state index contributed by atoms with van der Waals surface area (Å²) in [4.78, 5) is 16.7. The van der Waals surface area contributed by atoms with Gasteiger partial charge in [0.2, 0.25) is 0 Å². The number of aromatic amines is 1. The number of nitrogens with two attached hydrogens (primary N) is 1. The molecule has 0 radical (unpaired) electrons. The molecule has 2 rings (SSSR count). The molecule has 0 spiro atoms. The number of carbonyl (C=O) groups is 1. The molecule has 0 saturated heterocycles. The minimum absolute atomic E-state index is 0.0218. The molecular weight excluding hydrogens is 247 g/mol. The van der Waals surface area contributed by atoms with E-state index in [2.05, 4.69) is 15.7 Å². The quantitative estimate of drug-likeness (QED) is 0.809. The van der Waals surface area contributed by atoms with Gasteiger partial charge in [0, 0.05) is 0 Å². The van der Waals surface area contributed by atoms with Crippen LogP contribution in [0.1, 0.15) is 11.4 Å². The first-order valence-electron chi connectivity index (χ1n) is 5.08. The molecule has 0 amide bonds. The normalized spacial score (nSPS) is 10.9. The van der Waals surface area contributed by atoms with Crippen molar-refractivity contribution < 1.29 is 18.0 Å². The molecule has 3 N–H and O–H groups in total. The highest BCUT2D eigenvalue weighted by molar-refractivity contribution is 5.79. The fourth-order valence-electron chi connectivity index (χ4n) is 1.49. The van der Waals surface area contributed by atoms with E-state index in [0.29, 0.717) is 6.29 Å². The number of nitrogens with zero attached hydrogens (tertiary/aromatic N) is 1. The van der Waals surface area contributed by atoms with Crippen molar-refractivity contribution in [1.82, 2.24) is 9.97 Å². The minimum Gasteiger partial charge on any atom is -0.342 e. The molecule has 0 aliphatic rings. The van der Waals surface area contributed by atoms with Crippen LogP contribution >= 0.6 is 0 Å². The maximum Gasteiger partial charge on any atom is 0.418 e. The van der Waals surface area contributed by atoms with Crippen molar-refractivity contribution in [3.8, 4) is 0 Å². The summed E-state index contributed by atoms with van der Waals surface area (Å²) in [5.41, 5.74) is 3.84. The van der Waals surface area contributed by atoms with Crippen molar-refractivity contribution in [2.75, 3.05) is 7.05 Å². The Labute approximate surface area is 101 Å². The van der Waals surface area contributed by atoms with E-state index in [9.17, 15) is 18.0 Å². The van der Waals surface area contributed by atoms with E-state index in [1.807, 2.05) is 0 Å². The summed E-state index contributed by atoms with van der Waals surface area (Å²) in [6, 6.07) is 3.76. The number of carbonyl (C=O) groups excluding carboxylic acids is 1. The van der Waals surface area contributed by atoms with Crippen LogP contribution in [0.3, 0.4) is 0 Å². The monoisotopic (exact) mass is 259 g/mol. The van der Waals surface area contributed by atoms with Gasteiger partial charge in [-0.2, -0.15) is 13.2 Å². The van der Waals surface area contributed by atoms with Crippen LogP contribution in [0.15, 0.2) is 18.2 Å². The number of imidazole rings is 1. The van der Waals surface area contributed by atoms with Crippen molar-refractivity contribution in [3.63, 3.8) is 0 Å². The Morgan fingerprint density at radius 1 is 1.39 bits per heavy atom. The lowest BCUT2D eigenvalue weighted by molar-refractivity contribution is -0.136. The Bertz CT molecular complexity index is 534. The first-order chi connectivity index (χ1) is 8.52. The summed E-state index contributed by atoms with van der Waals surface area (Å²) in [5.74, 6) is 0.238. The Kier molecular flexibility index (Phi) is 4.43. The van der Waals surface area contributed by atoms with Gasteiger partial charge in [0.05, 0.1) is 17.5 Å². The Balaban J connectivity index is 0.000000771. The minimum atomic E-state index is -4.44. The Hall–Kier alpha value is -1.89. The maximum absolute atomic E-state index is 12.6. The Morgan fingerprint density at radius 3 is 2.61 bits per heavy atom. The van der Waals surface area contributed by atoms with E-state index in [1.165, 1.54) is 19.2 Å².